The van der Waals surface area contributed by atoms with E-state index in [1.54, 1.807) is 6.92 Å². The molecule has 0 aliphatic heterocycles. The fourth-order valence-corrected chi connectivity index (χ4v) is 1.18. The van der Waals surface area contributed by atoms with Crippen molar-refractivity contribution in [3.63, 3.8) is 0 Å². The molecule has 3 nitrogen and oxygen atoms in total. The first kappa shape index (κ1) is 12.2. The second kappa shape index (κ2) is 4.42. The first-order chi connectivity index (χ1) is 5.72. The van der Waals surface area contributed by atoms with Gasteiger partial charge < -0.3 is 11.1 Å². The van der Waals surface area contributed by atoms with Crippen LogP contribution in [-0.4, -0.2) is 17.5 Å². The summed E-state index contributed by atoms with van der Waals surface area (Å²) in [5, 5.41) is 3.32. The van der Waals surface area contributed by atoms with Gasteiger partial charge in [-0.2, -0.15) is 0 Å². The van der Waals surface area contributed by atoms with Crippen molar-refractivity contribution in [2.24, 2.45) is 5.73 Å². The van der Waals surface area contributed by atoms with Crippen LogP contribution in [0.4, 0.5) is 0 Å². The summed E-state index contributed by atoms with van der Waals surface area (Å²) in [7, 11) is 0. The Morgan fingerprint density at radius 2 is 1.92 bits per heavy atom. The molecule has 0 saturated heterocycles. The summed E-state index contributed by atoms with van der Waals surface area (Å²) in [6, 6.07) is 0.160. The SMILES string of the molecule is CC(=CC(C)NC(C)(C)C)C(N)=O. The summed E-state index contributed by atoms with van der Waals surface area (Å²) in [4.78, 5) is 10.7. The van der Waals surface area contributed by atoms with E-state index in [-0.39, 0.29) is 17.5 Å². The lowest BCUT2D eigenvalue weighted by Gasteiger charge is -2.24. The second-order valence-corrected chi connectivity index (χ2v) is 4.40. The minimum atomic E-state index is -0.359. The van der Waals surface area contributed by atoms with Crippen molar-refractivity contribution in [1.82, 2.24) is 5.32 Å². The molecule has 0 aliphatic carbocycles. The lowest BCUT2D eigenvalue weighted by molar-refractivity contribution is -0.114. The number of rotatable bonds is 3. The van der Waals surface area contributed by atoms with Crippen molar-refractivity contribution in [3.05, 3.63) is 11.6 Å². The van der Waals surface area contributed by atoms with Crippen molar-refractivity contribution in [3.8, 4) is 0 Å². The van der Waals surface area contributed by atoms with Crippen LogP contribution in [0.25, 0.3) is 0 Å². The van der Waals surface area contributed by atoms with Crippen molar-refractivity contribution in [1.29, 1.82) is 0 Å². The van der Waals surface area contributed by atoms with Gasteiger partial charge in [-0.15, -0.1) is 0 Å². The van der Waals surface area contributed by atoms with Crippen LogP contribution in [0, 0.1) is 0 Å². The molecule has 3 heteroatoms. The van der Waals surface area contributed by atoms with E-state index in [0.29, 0.717) is 5.57 Å². The van der Waals surface area contributed by atoms with Gasteiger partial charge in [0.1, 0.15) is 0 Å². The molecule has 13 heavy (non-hydrogen) atoms. The largest absolute Gasteiger partial charge is 0.366 e. The second-order valence-electron chi connectivity index (χ2n) is 4.40. The highest BCUT2D eigenvalue weighted by Gasteiger charge is 2.12. The molecule has 3 N–H and O–H groups in total. The molecule has 0 aromatic carbocycles. The Morgan fingerprint density at radius 1 is 1.46 bits per heavy atom. The van der Waals surface area contributed by atoms with Crippen LogP contribution in [0.5, 0.6) is 0 Å². The Labute approximate surface area is 80.4 Å². The van der Waals surface area contributed by atoms with E-state index in [2.05, 4.69) is 26.1 Å². The average Bonchev–Trinajstić information content (AvgIpc) is 1.81. The molecule has 0 aromatic rings. The summed E-state index contributed by atoms with van der Waals surface area (Å²) < 4.78 is 0. The maximum Gasteiger partial charge on any atom is 0.244 e. The maximum absolute atomic E-state index is 10.7. The Balaban J connectivity index is 4.23. The molecule has 0 rings (SSSR count). The van der Waals surface area contributed by atoms with E-state index in [4.69, 9.17) is 5.73 Å². The molecule has 0 fully saturated rings. The van der Waals surface area contributed by atoms with Crippen molar-refractivity contribution >= 4 is 5.91 Å². The third-order valence-electron chi connectivity index (χ3n) is 1.55. The predicted molar refractivity (Wildman–Crippen MR) is 55.3 cm³/mol. The first-order valence-electron chi connectivity index (χ1n) is 4.48. The minimum absolute atomic E-state index is 0.0494. The molecular formula is C10H20N2O. The predicted octanol–water partition coefficient (Wildman–Crippen LogP) is 1.19. The molecule has 1 atom stereocenters. The fourth-order valence-electron chi connectivity index (χ4n) is 1.18. The Bertz CT molecular complexity index is 213. The van der Waals surface area contributed by atoms with Gasteiger partial charge >= 0.3 is 0 Å². The summed E-state index contributed by atoms with van der Waals surface area (Å²) in [5.41, 5.74) is 5.76. The summed E-state index contributed by atoms with van der Waals surface area (Å²) >= 11 is 0. The fraction of sp³-hybridized carbons (Fsp3) is 0.700. The monoisotopic (exact) mass is 184 g/mol. The van der Waals surface area contributed by atoms with Crippen molar-refractivity contribution in [2.45, 2.75) is 46.2 Å². The van der Waals surface area contributed by atoms with Gasteiger partial charge in [-0.1, -0.05) is 6.08 Å². The third kappa shape index (κ3) is 6.34. The van der Waals surface area contributed by atoms with E-state index in [1.165, 1.54) is 0 Å². The van der Waals surface area contributed by atoms with Crippen LogP contribution in [-0.2, 0) is 4.79 Å². The number of primary amides is 1. The van der Waals surface area contributed by atoms with E-state index >= 15 is 0 Å². The Morgan fingerprint density at radius 3 is 2.23 bits per heavy atom. The number of hydrogen-bond acceptors (Lipinski definition) is 2. The summed E-state index contributed by atoms with van der Waals surface area (Å²) in [6.07, 6.45) is 1.84. The van der Waals surface area contributed by atoms with E-state index in [1.807, 2.05) is 13.0 Å². The van der Waals surface area contributed by atoms with Gasteiger partial charge in [-0.25, -0.2) is 0 Å². The van der Waals surface area contributed by atoms with Crippen LogP contribution < -0.4 is 11.1 Å². The van der Waals surface area contributed by atoms with Gasteiger partial charge in [0.05, 0.1) is 0 Å². The number of carbonyl (C=O) groups excluding carboxylic acids is 1. The number of hydrogen-bond donors (Lipinski definition) is 2. The van der Waals surface area contributed by atoms with Crippen molar-refractivity contribution in [2.75, 3.05) is 0 Å². The molecule has 0 radical (unpaired) electrons. The third-order valence-corrected chi connectivity index (χ3v) is 1.55. The van der Waals surface area contributed by atoms with E-state index < -0.39 is 0 Å². The molecule has 1 amide bonds. The smallest absolute Gasteiger partial charge is 0.244 e. The molecule has 0 aromatic heterocycles. The zero-order valence-corrected chi connectivity index (χ0v) is 9.14. The average molecular weight is 184 g/mol. The number of amides is 1. The maximum atomic E-state index is 10.7. The number of nitrogens with two attached hydrogens (primary N) is 1. The molecule has 0 aliphatic rings. The van der Waals surface area contributed by atoms with Crippen molar-refractivity contribution < 1.29 is 4.79 Å². The van der Waals surface area contributed by atoms with Gasteiger partial charge in [-0.05, 0) is 34.6 Å². The van der Waals surface area contributed by atoms with Gasteiger partial charge in [0, 0.05) is 17.2 Å². The highest BCUT2D eigenvalue weighted by Crippen LogP contribution is 2.03. The molecule has 0 spiro atoms. The molecule has 0 heterocycles. The van der Waals surface area contributed by atoms with Gasteiger partial charge in [0.2, 0.25) is 5.91 Å². The van der Waals surface area contributed by atoms with Crippen LogP contribution >= 0.6 is 0 Å². The zero-order chi connectivity index (χ0) is 10.6. The Kier molecular flexibility index (Phi) is 4.14. The van der Waals surface area contributed by atoms with Crippen LogP contribution in [0.3, 0.4) is 0 Å². The van der Waals surface area contributed by atoms with Crippen LogP contribution in [0.1, 0.15) is 34.6 Å². The highest BCUT2D eigenvalue weighted by atomic mass is 16.1. The lowest BCUT2D eigenvalue weighted by Crippen LogP contribution is -2.41. The molecule has 0 saturated carbocycles. The Hall–Kier alpha value is -0.830. The normalized spacial score (nSPS) is 15.6. The van der Waals surface area contributed by atoms with Crippen LogP contribution in [0.2, 0.25) is 0 Å². The minimum Gasteiger partial charge on any atom is -0.366 e. The summed E-state index contributed by atoms with van der Waals surface area (Å²) in [5.74, 6) is -0.359. The van der Waals surface area contributed by atoms with Crippen LogP contribution in [0.15, 0.2) is 11.6 Å². The molecule has 1 unspecified atom stereocenters. The highest BCUT2D eigenvalue weighted by molar-refractivity contribution is 5.91. The van der Waals surface area contributed by atoms with Gasteiger partial charge in [0.15, 0.2) is 0 Å². The van der Waals surface area contributed by atoms with Gasteiger partial charge in [-0.3, -0.25) is 4.79 Å². The molecular weight excluding hydrogens is 164 g/mol. The number of carbonyl (C=O) groups is 1. The summed E-state index contributed by atoms with van der Waals surface area (Å²) in [6.45, 7) is 9.96. The zero-order valence-electron chi connectivity index (χ0n) is 9.14. The number of nitrogens with one attached hydrogen (secondary N) is 1. The quantitative estimate of drug-likeness (QED) is 0.647. The first-order valence-corrected chi connectivity index (χ1v) is 4.48. The van der Waals surface area contributed by atoms with E-state index in [9.17, 15) is 4.79 Å². The molecule has 0 bridgehead atoms. The standard InChI is InChI=1S/C10H20N2O/c1-7(9(11)13)6-8(2)12-10(3,4)5/h6,8,12H,1-5H3,(H2,11,13). The molecule has 76 valence electrons. The van der Waals surface area contributed by atoms with E-state index in [0.717, 1.165) is 0 Å². The topological polar surface area (TPSA) is 55.1 Å². The van der Waals surface area contributed by atoms with Gasteiger partial charge in [0.25, 0.3) is 0 Å². The lowest BCUT2D eigenvalue weighted by atomic mass is 10.1.